The van der Waals surface area contributed by atoms with Gasteiger partial charge in [0.1, 0.15) is 11.5 Å². The molecule has 2 heteroatoms. The lowest BCUT2D eigenvalue weighted by atomic mass is 9.81. The molecule has 1 aliphatic rings. The highest BCUT2D eigenvalue weighted by Gasteiger charge is 2.18. The van der Waals surface area contributed by atoms with Gasteiger partial charge >= 0.3 is 0 Å². The van der Waals surface area contributed by atoms with Gasteiger partial charge in [-0.1, -0.05) is 32.6 Å². The average molecular weight is 249 g/mol. The van der Waals surface area contributed by atoms with Crippen LogP contribution in [0.1, 0.15) is 63.5 Å². The van der Waals surface area contributed by atoms with Crippen LogP contribution in [0.3, 0.4) is 0 Å². The molecule has 0 amide bonds. The van der Waals surface area contributed by atoms with Crippen LogP contribution in [0.25, 0.3) is 0 Å². The highest BCUT2D eigenvalue weighted by atomic mass is 16.3. The van der Waals surface area contributed by atoms with Gasteiger partial charge in [0.15, 0.2) is 0 Å². The van der Waals surface area contributed by atoms with Gasteiger partial charge in [0, 0.05) is 0 Å². The Morgan fingerprint density at radius 2 is 2.00 bits per heavy atom. The lowest BCUT2D eigenvalue weighted by molar-refractivity contribution is 0.271. The zero-order valence-corrected chi connectivity index (χ0v) is 12.0. The van der Waals surface area contributed by atoms with Gasteiger partial charge in [-0.3, -0.25) is 0 Å². The third-order valence-electron chi connectivity index (χ3n) is 4.33. The molecule has 1 aromatic heterocycles. The summed E-state index contributed by atoms with van der Waals surface area (Å²) in [6, 6.07) is 4.45. The second-order valence-corrected chi connectivity index (χ2v) is 6.04. The molecule has 1 aliphatic carbocycles. The van der Waals surface area contributed by atoms with Crippen molar-refractivity contribution in [3.8, 4) is 0 Å². The summed E-state index contributed by atoms with van der Waals surface area (Å²) in [5.41, 5.74) is 0. The molecule has 0 spiro atoms. The fraction of sp³-hybridized carbons (Fsp3) is 0.750. The van der Waals surface area contributed by atoms with E-state index in [2.05, 4.69) is 25.2 Å². The molecular formula is C16H27NO. The Morgan fingerprint density at radius 1 is 1.28 bits per heavy atom. The fourth-order valence-electron chi connectivity index (χ4n) is 2.91. The van der Waals surface area contributed by atoms with Crippen LogP contribution in [0.5, 0.6) is 0 Å². The minimum atomic E-state index is 0.334. The predicted molar refractivity (Wildman–Crippen MR) is 75.6 cm³/mol. The van der Waals surface area contributed by atoms with Gasteiger partial charge in [0.25, 0.3) is 0 Å². The van der Waals surface area contributed by atoms with Crippen molar-refractivity contribution in [3.05, 3.63) is 23.7 Å². The molecule has 2 rings (SSSR count). The van der Waals surface area contributed by atoms with Crippen LogP contribution in [-0.2, 0) is 0 Å². The molecule has 1 fully saturated rings. The van der Waals surface area contributed by atoms with Crippen LogP contribution in [0.2, 0.25) is 0 Å². The summed E-state index contributed by atoms with van der Waals surface area (Å²) < 4.78 is 5.64. The van der Waals surface area contributed by atoms with Gasteiger partial charge < -0.3 is 9.73 Å². The van der Waals surface area contributed by atoms with E-state index < -0.39 is 0 Å². The van der Waals surface area contributed by atoms with Gasteiger partial charge in [0.2, 0.25) is 0 Å². The molecule has 1 N–H and O–H groups in total. The van der Waals surface area contributed by atoms with Gasteiger partial charge in [-0.15, -0.1) is 0 Å². The Morgan fingerprint density at radius 3 is 2.61 bits per heavy atom. The number of rotatable bonds is 5. The quantitative estimate of drug-likeness (QED) is 0.833. The first kappa shape index (κ1) is 13.7. The largest absolute Gasteiger partial charge is 0.465 e. The monoisotopic (exact) mass is 249 g/mol. The van der Waals surface area contributed by atoms with Crippen LogP contribution >= 0.6 is 0 Å². The van der Waals surface area contributed by atoms with E-state index in [1.54, 1.807) is 0 Å². The van der Waals surface area contributed by atoms with E-state index in [1.807, 2.05) is 13.0 Å². The second kappa shape index (κ2) is 6.42. The van der Waals surface area contributed by atoms with Gasteiger partial charge in [-0.2, -0.15) is 0 Å². The van der Waals surface area contributed by atoms with Gasteiger partial charge in [-0.05, 0) is 50.8 Å². The maximum Gasteiger partial charge on any atom is 0.120 e. The van der Waals surface area contributed by atoms with Gasteiger partial charge in [-0.25, -0.2) is 0 Å². The van der Waals surface area contributed by atoms with Crippen molar-refractivity contribution < 1.29 is 4.42 Å². The minimum Gasteiger partial charge on any atom is -0.465 e. The molecular weight excluding hydrogens is 222 g/mol. The molecule has 1 atom stereocenters. The van der Waals surface area contributed by atoms with Crippen LogP contribution in [0, 0.1) is 18.8 Å². The average Bonchev–Trinajstić information content (AvgIpc) is 2.78. The number of hydrogen-bond acceptors (Lipinski definition) is 2. The number of nitrogens with one attached hydrogen (secondary N) is 1. The first-order chi connectivity index (χ1) is 8.65. The van der Waals surface area contributed by atoms with Crippen molar-refractivity contribution in [3.63, 3.8) is 0 Å². The van der Waals surface area contributed by atoms with E-state index in [-0.39, 0.29) is 0 Å². The molecule has 0 aliphatic heterocycles. The van der Waals surface area contributed by atoms with Gasteiger partial charge in [0.05, 0.1) is 6.04 Å². The molecule has 0 saturated heterocycles. The molecule has 18 heavy (non-hydrogen) atoms. The van der Waals surface area contributed by atoms with Crippen molar-refractivity contribution in [2.75, 3.05) is 6.54 Å². The molecule has 0 bridgehead atoms. The summed E-state index contributed by atoms with van der Waals surface area (Å²) >= 11 is 0. The number of hydrogen-bond donors (Lipinski definition) is 1. The lowest BCUT2D eigenvalue weighted by Gasteiger charge is -2.26. The Bertz CT molecular complexity index is 350. The minimum absolute atomic E-state index is 0.334. The summed E-state index contributed by atoms with van der Waals surface area (Å²) in [4.78, 5) is 0. The highest BCUT2D eigenvalue weighted by molar-refractivity contribution is 5.08. The maximum atomic E-state index is 5.64. The maximum absolute atomic E-state index is 5.64. The van der Waals surface area contributed by atoms with E-state index >= 15 is 0 Å². The molecule has 1 aromatic rings. The lowest BCUT2D eigenvalue weighted by Crippen LogP contribution is -2.23. The number of furan rings is 1. The fourth-order valence-corrected chi connectivity index (χ4v) is 2.91. The molecule has 0 radical (unpaired) electrons. The zero-order valence-electron chi connectivity index (χ0n) is 12.0. The Labute approximate surface area is 111 Å². The third kappa shape index (κ3) is 3.88. The normalized spacial score (nSPS) is 26.2. The third-order valence-corrected chi connectivity index (χ3v) is 4.33. The molecule has 2 nitrogen and oxygen atoms in total. The molecule has 102 valence electrons. The highest BCUT2D eigenvalue weighted by Crippen LogP contribution is 2.30. The molecule has 0 aromatic carbocycles. The zero-order chi connectivity index (χ0) is 13.0. The summed E-state index contributed by atoms with van der Waals surface area (Å²) in [6.45, 7) is 7.68. The molecule has 1 saturated carbocycles. The first-order valence-corrected chi connectivity index (χ1v) is 7.45. The first-order valence-electron chi connectivity index (χ1n) is 7.45. The van der Waals surface area contributed by atoms with Crippen molar-refractivity contribution in [2.45, 2.75) is 58.9 Å². The van der Waals surface area contributed by atoms with Crippen LogP contribution < -0.4 is 5.32 Å². The van der Waals surface area contributed by atoms with Crippen LogP contribution in [-0.4, -0.2) is 6.54 Å². The summed E-state index contributed by atoms with van der Waals surface area (Å²) in [6.07, 6.45) is 7.03. The van der Waals surface area contributed by atoms with Crippen molar-refractivity contribution in [1.82, 2.24) is 5.32 Å². The van der Waals surface area contributed by atoms with Crippen molar-refractivity contribution in [2.24, 2.45) is 11.8 Å². The Kier molecular flexibility index (Phi) is 4.87. The van der Waals surface area contributed by atoms with Crippen molar-refractivity contribution in [1.29, 1.82) is 0 Å². The topological polar surface area (TPSA) is 25.2 Å². The van der Waals surface area contributed by atoms with E-state index in [4.69, 9.17) is 4.42 Å². The van der Waals surface area contributed by atoms with E-state index in [9.17, 15) is 0 Å². The van der Waals surface area contributed by atoms with E-state index in [1.165, 1.54) is 32.1 Å². The predicted octanol–water partition coefficient (Wildman–Crippen LogP) is 4.46. The van der Waals surface area contributed by atoms with E-state index in [0.29, 0.717) is 6.04 Å². The standard InChI is InChI=1S/C16H27NO/c1-12-4-7-15(8-5-12)10-11-17-14(3)16-9-6-13(2)18-16/h6,9,12,14-15,17H,4-5,7-8,10-11H2,1-3H3. The smallest absolute Gasteiger partial charge is 0.120 e. The summed E-state index contributed by atoms with van der Waals surface area (Å²) in [5, 5.41) is 3.58. The van der Waals surface area contributed by atoms with Crippen molar-refractivity contribution >= 4 is 0 Å². The molecule has 1 unspecified atom stereocenters. The molecule has 1 heterocycles. The Balaban J connectivity index is 1.66. The van der Waals surface area contributed by atoms with E-state index in [0.717, 1.165) is 29.9 Å². The Hall–Kier alpha value is -0.760. The van der Waals surface area contributed by atoms with Crippen LogP contribution in [0.4, 0.5) is 0 Å². The van der Waals surface area contributed by atoms with Crippen LogP contribution in [0.15, 0.2) is 16.5 Å². The SMILES string of the molecule is Cc1ccc(C(C)NCCC2CCC(C)CC2)o1. The summed E-state index contributed by atoms with van der Waals surface area (Å²) in [5.74, 6) is 3.96. The summed E-state index contributed by atoms with van der Waals surface area (Å²) in [7, 11) is 0. The second-order valence-electron chi connectivity index (χ2n) is 6.04. The number of aryl methyl sites for hydroxylation is 1.